The molecular weight excluding hydrogens is 344 g/mol. The summed E-state index contributed by atoms with van der Waals surface area (Å²) in [5.74, 6) is 0.486. The van der Waals surface area contributed by atoms with Crippen LogP contribution in [0.5, 0.6) is 0 Å². The first-order valence-corrected chi connectivity index (χ1v) is 10.1. The molecule has 2 aliphatic heterocycles. The van der Waals surface area contributed by atoms with Gasteiger partial charge in [0, 0.05) is 42.0 Å². The van der Waals surface area contributed by atoms with Crippen molar-refractivity contribution in [2.45, 2.75) is 31.4 Å². The van der Waals surface area contributed by atoms with Gasteiger partial charge < -0.3 is 15.2 Å². The van der Waals surface area contributed by atoms with Crippen LogP contribution in [0.3, 0.4) is 0 Å². The van der Waals surface area contributed by atoms with Crippen molar-refractivity contribution in [1.82, 2.24) is 4.98 Å². The number of aliphatic hydroxyl groups is 1. The van der Waals surface area contributed by atoms with E-state index in [1.807, 2.05) is 6.07 Å². The number of nitrogens with zero attached hydrogens (tertiary/aromatic N) is 1. The molecule has 2 aliphatic rings. The van der Waals surface area contributed by atoms with E-state index in [1.54, 1.807) is 11.3 Å². The third-order valence-corrected chi connectivity index (χ3v) is 6.65. The number of benzene rings is 2. The highest BCUT2D eigenvalue weighted by molar-refractivity contribution is 7.21. The normalized spacial score (nSPS) is 24.3. The highest BCUT2D eigenvalue weighted by Crippen LogP contribution is 2.47. The summed E-state index contributed by atoms with van der Waals surface area (Å²) in [7, 11) is 0. The topological polar surface area (TPSA) is 54.4 Å². The van der Waals surface area contributed by atoms with Gasteiger partial charge in [-0.25, -0.2) is 4.98 Å². The molecule has 3 atom stereocenters. The Morgan fingerprint density at radius 1 is 1.23 bits per heavy atom. The van der Waals surface area contributed by atoms with E-state index in [9.17, 15) is 5.11 Å². The predicted molar refractivity (Wildman–Crippen MR) is 106 cm³/mol. The van der Waals surface area contributed by atoms with E-state index in [4.69, 9.17) is 9.72 Å². The Kier molecular flexibility index (Phi) is 4.15. The van der Waals surface area contributed by atoms with Crippen molar-refractivity contribution < 1.29 is 9.84 Å². The summed E-state index contributed by atoms with van der Waals surface area (Å²) in [6.07, 6.45) is 3.06. The van der Waals surface area contributed by atoms with E-state index < -0.39 is 0 Å². The molecule has 0 saturated carbocycles. The molecule has 0 bridgehead atoms. The molecule has 5 heteroatoms. The number of thiazole rings is 1. The highest BCUT2D eigenvalue weighted by atomic mass is 32.1. The average molecular weight is 366 g/mol. The van der Waals surface area contributed by atoms with Crippen LogP contribution >= 0.6 is 11.3 Å². The van der Waals surface area contributed by atoms with Gasteiger partial charge in [-0.1, -0.05) is 12.1 Å². The molecule has 3 aromatic rings. The summed E-state index contributed by atoms with van der Waals surface area (Å²) in [6.45, 7) is 1.07. The van der Waals surface area contributed by atoms with Crippen LogP contribution in [0, 0.1) is 5.92 Å². The molecular formula is C21H22N2O2S. The Balaban J connectivity index is 1.52. The Morgan fingerprint density at radius 3 is 3.04 bits per heavy atom. The lowest BCUT2D eigenvalue weighted by molar-refractivity contribution is 0.0814. The molecule has 4 nitrogen and oxygen atoms in total. The third kappa shape index (κ3) is 2.71. The standard InChI is InChI=1S/C21H22N2O2S/c24-10-3-5-16-14-9-11-25-20(14)15-12-13(7-8-17(15)22-16)21-23-18-4-1-2-6-19(18)26-21/h1-2,4,6-8,12,14,16,20,22,24H,3,5,9-11H2/t14-,16+,20?/m0/s1. The minimum Gasteiger partial charge on any atom is -0.396 e. The molecule has 0 amide bonds. The number of nitrogens with one attached hydrogen (secondary N) is 1. The van der Waals surface area contributed by atoms with Crippen molar-refractivity contribution in [3.05, 3.63) is 48.0 Å². The van der Waals surface area contributed by atoms with Gasteiger partial charge in [-0.3, -0.25) is 0 Å². The maximum absolute atomic E-state index is 9.19. The van der Waals surface area contributed by atoms with E-state index in [-0.39, 0.29) is 12.7 Å². The largest absolute Gasteiger partial charge is 0.396 e. The van der Waals surface area contributed by atoms with Crippen molar-refractivity contribution in [3.63, 3.8) is 0 Å². The predicted octanol–water partition coefficient (Wildman–Crippen LogP) is 4.61. The lowest BCUT2D eigenvalue weighted by Crippen LogP contribution is -2.36. The van der Waals surface area contributed by atoms with Crippen LogP contribution in [0.15, 0.2) is 42.5 Å². The van der Waals surface area contributed by atoms with Crippen molar-refractivity contribution in [2.75, 3.05) is 18.5 Å². The van der Waals surface area contributed by atoms with Crippen molar-refractivity contribution in [1.29, 1.82) is 0 Å². The smallest absolute Gasteiger partial charge is 0.124 e. The van der Waals surface area contributed by atoms with Gasteiger partial charge in [0.15, 0.2) is 0 Å². The summed E-state index contributed by atoms with van der Waals surface area (Å²) < 4.78 is 7.34. The van der Waals surface area contributed by atoms with Gasteiger partial charge in [0.1, 0.15) is 5.01 Å². The monoisotopic (exact) mass is 366 g/mol. The molecule has 0 aliphatic carbocycles. The van der Waals surface area contributed by atoms with Crippen LogP contribution in [-0.2, 0) is 4.74 Å². The molecule has 0 spiro atoms. The van der Waals surface area contributed by atoms with Gasteiger partial charge in [-0.05, 0) is 49.6 Å². The first-order chi connectivity index (χ1) is 12.8. The van der Waals surface area contributed by atoms with E-state index in [2.05, 4.69) is 41.7 Å². The first kappa shape index (κ1) is 16.2. The van der Waals surface area contributed by atoms with E-state index in [0.717, 1.165) is 42.0 Å². The summed E-state index contributed by atoms with van der Waals surface area (Å²) in [5, 5.41) is 14.0. The van der Waals surface area contributed by atoms with Gasteiger partial charge in [-0.2, -0.15) is 0 Å². The summed E-state index contributed by atoms with van der Waals surface area (Å²) in [5.41, 5.74) is 4.64. The molecule has 1 unspecified atom stereocenters. The van der Waals surface area contributed by atoms with E-state index in [1.165, 1.54) is 16.0 Å². The molecule has 1 fully saturated rings. The van der Waals surface area contributed by atoms with Crippen LogP contribution in [0.1, 0.15) is 30.9 Å². The third-order valence-electron chi connectivity index (χ3n) is 5.57. The maximum atomic E-state index is 9.19. The molecule has 1 aromatic heterocycles. The van der Waals surface area contributed by atoms with Crippen molar-refractivity contribution in [2.24, 2.45) is 5.92 Å². The number of rotatable bonds is 4. The van der Waals surface area contributed by atoms with Crippen LogP contribution in [0.4, 0.5) is 5.69 Å². The Labute approximate surface area is 156 Å². The second kappa shape index (κ2) is 6.65. The van der Waals surface area contributed by atoms with Crippen molar-refractivity contribution in [3.8, 4) is 10.6 Å². The number of hydrogen-bond donors (Lipinski definition) is 2. The molecule has 1 saturated heterocycles. The summed E-state index contributed by atoms with van der Waals surface area (Å²) in [6, 6.07) is 15.2. The molecule has 0 radical (unpaired) electrons. The highest BCUT2D eigenvalue weighted by Gasteiger charge is 2.40. The van der Waals surface area contributed by atoms with Crippen LogP contribution in [0.25, 0.3) is 20.8 Å². The number of fused-ring (bicyclic) bond motifs is 4. The molecule has 26 heavy (non-hydrogen) atoms. The van der Waals surface area contributed by atoms with Crippen molar-refractivity contribution >= 4 is 27.2 Å². The number of aromatic nitrogens is 1. The fraction of sp³-hybridized carbons (Fsp3) is 0.381. The Hall–Kier alpha value is -1.95. The SMILES string of the molecule is OCCC[C@H]1Nc2ccc(-c3nc4ccccc4s3)cc2C2OCC[C@H]21. The number of hydrogen-bond acceptors (Lipinski definition) is 5. The molecule has 5 rings (SSSR count). The fourth-order valence-electron chi connectivity index (χ4n) is 4.30. The first-order valence-electron chi connectivity index (χ1n) is 9.32. The number of ether oxygens (including phenoxy) is 1. The average Bonchev–Trinajstić information content (AvgIpc) is 3.32. The van der Waals surface area contributed by atoms with Crippen LogP contribution in [-0.4, -0.2) is 29.3 Å². The van der Waals surface area contributed by atoms with Crippen LogP contribution in [0.2, 0.25) is 0 Å². The Morgan fingerprint density at radius 2 is 2.15 bits per heavy atom. The van der Waals surface area contributed by atoms with E-state index in [0.29, 0.717) is 12.0 Å². The molecule has 134 valence electrons. The zero-order valence-electron chi connectivity index (χ0n) is 14.5. The minimum atomic E-state index is 0.157. The van der Waals surface area contributed by atoms with Gasteiger partial charge in [0.25, 0.3) is 0 Å². The second-order valence-corrected chi connectivity index (χ2v) is 8.18. The number of para-hydroxylation sites is 1. The maximum Gasteiger partial charge on any atom is 0.124 e. The minimum absolute atomic E-state index is 0.157. The van der Waals surface area contributed by atoms with Gasteiger partial charge in [-0.15, -0.1) is 11.3 Å². The summed E-state index contributed by atoms with van der Waals surface area (Å²) >= 11 is 1.74. The molecule has 2 aromatic carbocycles. The number of anilines is 1. The quantitative estimate of drug-likeness (QED) is 0.708. The molecule has 2 N–H and O–H groups in total. The van der Waals surface area contributed by atoms with Crippen LogP contribution < -0.4 is 5.32 Å². The number of aliphatic hydroxyl groups excluding tert-OH is 1. The second-order valence-electron chi connectivity index (χ2n) is 7.15. The summed E-state index contributed by atoms with van der Waals surface area (Å²) in [4.78, 5) is 4.80. The van der Waals surface area contributed by atoms with Gasteiger partial charge in [0.05, 0.1) is 16.3 Å². The van der Waals surface area contributed by atoms with E-state index >= 15 is 0 Å². The zero-order valence-corrected chi connectivity index (χ0v) is 15.3. The van der Waals surface area contributed by atoms with Gasteiger partial charge in [0.2, 0.25) is 0 Å². The fourth-order valence-corrected chi connectivity index (χ4v) is 5.26. The lowest BCUT2D eigenvalue weighted by Gasteiger charge is -2.36. The Bertz CT molecular complexity index is 906. The van der Waals surface area contributed by atoms with Gasteiger partial charge >= 0.3 is 0 Å². The molecule has 3 heterocycles. The lowest BCUT2D eigenvalue weighted by atomic mass is 9.82. The zero-order chi connectivity index (χ0) is 17.5.